The molecule has 0 aliphatic rings. The van der Waals surface area contributed by atoms with Crippen LogP contribution in [0.25, 0.3) is 22.0 Å². The summed E-state index contributed by atoms with van der Waals surface area (Å²) in [6.07, 6.45) is 1.35. The van der Waals surface area contributed by atoms with Gasteiger partial charge >= 0.3 is 0 Å². The van der Waals surface area contributed by atoms with E-state index in [9.17, 15) is 0 Å². The van der Waals surface area contributed by atoms with Crippen LogP contribution < -0.4 is 4.74 Å². The highest BCUT2D eigenvalue weighted by molar-refractivity contribution is 5.98. The van der Waals surface area contributed by atoms with E-state index in [0.717, 1.165) is 33.5 Å². The lowest BCUT2D eigenvalue weighted by molar-refractivity contribution is 0.280. The first-order chi connectivity index (χ1) is 10.3. The molecule has 0 atom stereocenters. The Morgan fingerprint density at radius 1 is 1.19 bits per heavy atom. The van der Waals surface area contributed by atoms with Crippen molar-refractivity contribution in [3.05, 3.63) is 48.2 Å². The van der Waals surface area contributed by atoms with Crippen LogP contribution in [-0.4, -0.2) is 24.0 Å². The summed E-state index contributed by atoms with van der Waals surface area (Å²) in [6.45, 7) is 0.146. The van der Waals surface area contributed by atoms with E-state index in [4.69, 9.17) is 14.4 Å². The molecule has 0 spiro atoms. The Morgan fingerprint density at radius 2 is 2.05 bits per heavy atom. The smallest absolute Gasteiger partial charge is 0.137 e. The molecule has 0 saturated heterocycles. The number of ether oxygens (including phenoxy) is 1. The molecule has 0 saturated carbocycles. The van der Waals surface area contributed by atoms with Crippen molar-refractivity contribution < 1.29 is 14.4 Å². The van der Waals surface area contributed by atoms with E-state index in [1.54, 1.807) is 7.11 Å². The van der Waals surface area contributed by atoms with Crippen LogP contribution in [0.15, 0.2) is 47.0 Å². The minimum atomic E-state index is 0.146. The molecular weight excluding hydrogens is 266 g/mol. The van der Waals surface area contributed by atoms with Gasteiger partial charge in [-0.1, -0.05) is 35.5 Å². The van der Waals surface area contributed by atoms with Crippen LogP contribution in [0.3, 0.4) is 0 Å². The minimum Gasteiger partial charge on any atom is -0.496 e. The Kier molecular flexibility index (Phi) is 3.88. The molecule has 0 fully saturated rings. The number of hydrogen-bond donors (Lipinski definition) is 1. The molecule has 3 rings (SSSR count). The molecular formula is C17H17NO3. The lowest BCUT2D eigenvalue weighted by Crippen LogP contribution is -1.90. The fraction of sp³-hybridized carbons (Fsp3) is 0.235. The van der Waals surface area contributed by atoms with Gasteiger partial charge < -0.3 is 14.4 Å². The van der Waals surface area contributed by atoms with Gasteiger partial charge in [-0.3, -0.25) is 0 Å². The van der Waals surface area contributed by atoms with Gasteiger partial charge in [0, 0.05) is 19.1 Å². The molecule has 0 aliphatic heterocycles. The highest BCUT2D eigenvalue weighted by atomic mass is 16.5. The van der Waals surface area contributed by atoms with Crippen molar-refractivity contribution in [1.82, 2.24) is 5.16 Å². The normalized spacial score (nSPS) is 11.0. The molecule has 108 valence electrons. The molecule has 3 aromatic rings. The number of aryl methyl sites for hydroxylation is 1. The van der Waals surface area contributed by atoms with E-state index in [-0.39, 0.29) is 6.61 Å². The second-order valence-corrected chi connectivity index (χ2v) is 4.87. The van der Waals surface area contributed by atoms with E-state index < -0.39 is 0 Å². The van der Waals surface area contributed by atoms with Gasteiger partial charge in [-0.25, -0.2) is 0 Å². The van der Waals surface area contributed by atoms with Crippen molar-refractivity contribution in [2.45, 2.75) is 12.8 Å². The summed E-state index contributed by atoms with van der Waals surface area (Å²) in [5, 5.41) is 15.3. The van der Waals surface area contributed by atoms with Gasteiger partial charge in [0.2, 0.25) is 0 Å². The van der Waals surface area contributed by atoms with Gasteiger partial charge in [0.15, 0.2) is 0 Å². The van der Waals surface area contributed by atoms with E-state index in [1.165, 1.54) is 0 Å². The third-order valence-corrected chi connectivity index (χ3v) is 3.51. The number of hydrogen-bond acceptors (Lipinski definition) is 4. The molecule has 2 aromatic carbocycles. The molecule has 1 heterocycles. The first-order valence-corrected chi connectivity index (χ1v) is 6.96. The molecule has 21 heavy (non-hydrogen) atoms. The first kappa shape index (κ1) is 13.6. The van der Waals surface area contributed by atoms with Gasteiger partial charge in [0.05, 0.1) is 12.7 Å². The van der Waals surface area contributed by atoms with Crippen LogP contribution in [0.4, 0.5) is 0 Å². The summed E-state index contributed by atoms with van der Waals surface area (Å²) in [5.41, 5.74) is 1.70. The van der Waals surface area contributed by atoms with Crippen molar-refractivity contribution in [3.8, 4) is 17.0 Å². The summed E-state index contributed by atoms with van der Waals surface area (Å²) in [7, 11) is 1.65. The number of aliphatic hydroxyl groups excluding tert-OH is 1. The highest BCUT2D eigenvalue weighted by Gasteiger charge is 2.15. The summed E-state index contributed by atoms with van der Waals surface area (Å²) in [6, 6.07) is 14.0. The zero-order valence-electron chi connectivity index (χ0n) is 11.9. The standard InChI is InChI=1S/C17H17NO3/c1-20-16-9-8-12-5-2-3-7-14(12)17(16)15-11-13(21-18-15)6-4-10-19/h2-3,5,7-9,11,19H,4,6,10H2,1H3. The number of methoxy groups -OCH3 is 1. The Labute approximate surface area is 123 Å². The van der Waals surface area contributed by atoms with Crippen molar-refractivity contribution in [2.24, 2.45) is 0 Å². The highest BCUT2D eigenvalue weighted by Crippen LogP contribution is 2.36. The lowest BCUT2D eigenvalue weighted by atomic mass is 10.0. The molecule has 0 bridgehead atoms. The van der Waals surface area contributed by atoms with Gasteiger partial charge in [0.1, 0.15) is 17.2 Å². The zero-order chi connectivity index (χ0) is 14.7. The van der Waals surface area contributed by atoms with Crippen molar-refractivity contribution in [3.63, 3.8) is 0 Å². The van der Waals surface area contributed by atoms with E-state index in [1.807, 2.05) is 30.3 Å². The molecule has 0 amide bonds. The van der Waals surface area contributed by atoms with Gasteiger partial charge in [0.25, 0.3) is 0 Å². The molecule has 4 nitrogen and oxygen atoms in total. The average Bonchev–Trinajstić information content (AvgIpc) is 3.00. The van der Waals surface area contributed by atoms with E-state index in [0.29, 0.717) is 12.8 Å². The second kappa shape index (κ2) is 5.97. The summed E-state index contributed by atoms with van der Waals surface area (Å²) in [4.78, 5) is 0. The van der Waals surface area contributed by atoms with Crippen molar-refractivity contribution >= 4 is 10.8 Å². The van der Waals surface area contributed by atoms with Crippen LogP contribution in [-0.2, 0) is 6.42 Å². The maximum Gasteiger partial charge on any atom is 0.137 e. The van der Waals surface area contributed by atoms with Gasteiger partial charge in [-0.05, 0) is 23.3 Å². The van der Waals surface area contributed by atoms with Crippen LogP contribution in [0.5, 0.6) is 5.75 Å². The predicted molar refractivity (Wildman–Crippen MR) is 81.4 cm³/mol. The van der Waals surface area contributed by atoms with Crippen molar-refractivity contribution in [2.75, 3.05) is 13.7 Å². The SMILES string of the molecule is COc1ccc2ccccc2c1-c1cc(CCCO)on1. The third-order valence-electron chi connectivity index (χ3n) is 3.51. The minimum absolute atomic E-state index is 0.146. The lowest BCUT2D eigenvalue weighted by Gasteiger charge is -2.09. The topological polar surface area (TPSA) is 55.5 Å². The number of aromatic nitrogens is 1. The zero-order valence-corrected chi connectivity index (χ0v) is 11.9. The van der Waals surface area contributed by atoms with Crippen molar-refractivity contribution in [1.29, 1.82) is 0 Å². The average molecular weight is 283 g/mol. The maximum atomic E-state index is 8.89. The van der Waals surface area contributed by atoms with E-state index >= 15 is 0 Å². The fourth-order valence-electron chi connectivity index (χ4n) is 2.49. The predicted octanol–water partition coefficient (Wildman–Crippen LogP) is 3.43. The van der Waals surface area contributed by atoms with Crippen LogP contribution in [0.2, 0.25) is 0 Å². The Hall–Kier alpha value is -2.33. The van der Waals surface area contributed by atoms with E-state index in [2.05, 4.69) is 17.3 Å². The summed E-state index contributed by atoms with van der Waals surface area (Å²) >= 11 is 0. The van der Waals surface area contributed by atoms with Crippen LogP contribution >= 0.6 is 0 Å². The number of rotatable bonds is 5. The monoisotopic (exact) mass is 283 g/mol. The summed E-state index contributed by atoms with van der Waals surface area (Å²) < 4.78 is 10.8. The van der Waals surface area contributed by atoms with Crippen LogP contribution in [0, 0.1) is 0 Å². The molecule has 0 unspecified atom stereocenters. The summed E-state index contributed by atoms with van der Waals surface area (Å²) in [5.74, 6) is 1.55. The Morgan fingerprint density at radius 3 is 2.86 bits per heavy atom. The Bertz CT molecular complexity index is 749. The molecule has 1 N–H and O–H groups in total. The second-order valence-electron chi connectivity index (χ2n) is 4.87. The van der Waals surface area contributed by atoms with Gasteiger partial charge in [-0.2, -0.15) is 0 Å². The number of aliphatic hydroxyl groups is 1. The number of fused-ring (bicyclic) bond motifs is 1. The third kappa shape index (κ3) is 2.62. The number of benzene rings is 2. The molecule has 1 aromatic heterocycles. The van der Waals surface area contributed by atoms with Crippen LogP contribution in [0.1, 0.15) is 12.2 Å². The maximum absolute atomic E-state index is 8.89. The molecule has 0 radical (unpaired) electrons. The Balaban J connectivity index is 2.11. The molecule has 4 heteroatoms. The fourth-order valence-corrected chi connectivity index (χ4v) is 2.49. The number of nitrogens with zero attached hydrogens (tertiary/aromatic N) is 1. The molecule has 0 aliphatic carbocycles. The largest absolute Gasteiger partial charge is 0.496 e. The quantitative estimate of drug-likeness (QED) is 0.779. The van der Waals surface area contributed by atoms with Gasteiger partial charge in [-0.15, -0.1) is 0 Å². The first-order valence-electron chi connectivity index (χ1n) is 6.96.